The van der Waals surface area contributed by atoms with E-state index in [1.54, 1.807) is 36.2 Å². The van der Waals surface area contributed by atoms with Gasteiger partial charge in [0.2, 0.25) is 11.9 Å². The lowest BCUT2D eigenvalue weighted by Crippen LogP contribution is -2.54. The first-order valence-corrected chi connectivity index (χ1v) is 9.17. The van der Waals surface area contributed by atoms with Gasteiger partial charge in [-0.05, 0) is 30.3 Å². The number of aromatic nitrogens is 3. The number of carbonyl (C=O) groups excluding carboxylic acids is 1. The van der Waals surface area contributed by atoms with E-state index >= 15 is 0 Å². The van der Waals surface area contributed by atoms with Crippen molar-refractivity contribution in [1.82, 2.24) is 20.3 Å². The highest BCUT2D eigenvalue weighted by atomic mass is 19.1. The summed E-state index contributed by atoms with van der Waals surface area (Å²) in [6.45, 7) is 0.757. The summed E-state index contributed by atoms with van der Waals surface area (Å²) >= 11 is 0. The molecule has 154 valence electrons. The number of halogens is 2. The SMILES string of the molecule is CNC(=O)c1cccc(Nc2ncnc(N3CC(Oc4c(F)cccc4F)C3)n2)c1. The molecule has 2 aromatic carbocycles. The highest BCUT2D eigenvalue weighted by Crippen LogP contribution is 2.26. The summed E-state index contributed by atoms with van der Waals surface area (Å²) in [6.07, 6.45) is 0.978. The number of ether oxygens (including phenoxy) is 1. The van der Waals surface area contributed by atoms with Gasteiger partial charge in [-0.2, -0.15) is 4.98 Å². The number of amides is 1. The number of hydrogen-bond acceptors (Lipinski definition) is 7. The molecule has 0 radical (unpaired) electrons. The molecule has 10 heteroatoms. The molecule has 2 N–H and O–H groups in total. The Hall–Kier alpha value is -3.82. The van der Waals surface area contributed by atoms with Crippen molar-refractivity contribution >= 4 is 23.5 Å². The Morgan fingerprint density at radius 1 is 1.13 bits per heavy atom. The Morgan fingerprint density at radius 3 is 2.60 bits per heavy atom. The minimum Gasteiger partial charge on any atom is -0.481 e. The summed E-state index contributed by atoms with van der Waals surface area (Å²) in [6, 6.07) is 10.5. The third-order valence-corrected chi connectivity index (χ3v) is 4.50. The van der Waals surface area contributed by atoms with Gasteiger partial charge in [0.25, 0.3) is 5.91 Å². The van der Waals surface area contributed by atoms with Gasteiger partial charge in [0, 0.05) is 18.3 Å². The van der Waals surface area contributed by atoms with Crippen LogP contribution in [0.1, 0.15) is 10.4 Å². The molecule has 1 aliphatic heterocycles. The van der Waals surface area contributed by atoms with Crippen molar-refractivity contribution in [2.45, 2.75) is 6.10 Å². The van der Waals surface area contributed by atoms with E-state index in [2.05, 4.69) is 25.6 Å². The predicted octanol–water partition coefficient (Wildman–Crippen LogP) is 2.52. The predicted molar refractivity (Wildman–Crippen MR) is 106 cm³/mol. The standard InChI is InChI=1S/C20H18F2N6O2/c1-23-18(29)12-4-2-5-13(8-12)26-19-24-11-25-20(27-19)28-9-14(10-28)30-17-15(21)6-3-7-16(17)22/h2-8,11,14H,9-10H2,1H3,(H,23,29)(H,24,25,26,27). The van der Waals surface area contributed by atoms with Crippen LogP contribution >= 0.6 is 0 Å². The van der Waals surface area contributed by atoms with Gasteiger partial charge in [-0.25, -0.2) is 18.7 Å². The largest absolute Gasteiger partial charge is 0.481 e. The number of benzene rings is 2. The Kier molecular flexibility index (Phi) is 5.38. The fourth-order valence-electron chi connectivity index (χ4n) is 2.95. The molecule has 2 heterocycles. The lowest BCUT2D eigenvalue weighted by molar-refractivity contribution is 0.0963. The molecule has 4 rings (SSSR count). The maximum atomic E-state index is 13.7. The summed E-state index contributed by atoms with van der Waals surface area (Å²) in [7, 11) is 1.56. The zero-order valence-electron chi connectivity index (χ0n) is 16.0. The number of carbonyl (C=O) groups is 1. The van der Waals surface area contributed by atoms with Crippen molar-refractivity contribution in [3.63, 3.8) is 0 Å². The zero-order valence-corrected chi connectivity index (χ0v) is 16.0. The third-order valence-electron chi connectivity index (χ3n) is 4.50. The Balaban J connectivity index is 1.40. The monoisotopic (exact) mass is 412 g/mol. The van der Waals surface area contributed by atoms with Crippen molar-refractivity contribution in [2.75, 3.05) is 30.4 Å². The van der Waals surface area contributed by atoms with Crippen LogP contribution in [0.5, 0.6) is 5.75 Å². The fourth-order valence-corrected chi connectivity index (χ4v) is 2.95. The normalized spacial score (nSPS) is 13.5. The summed E-state index contributed by atoms with van der Waals surface area (Å²) in [5, 5.41) is 5.60. The highest BCUT2D eigenvalue weighted by molar-refractivity contribution is 5.95. The molecule has 0 unspecified atom stereocenters. The van der Waals surface area contributed by atoms with Crippen molar-refractivity contribution < 1.29 is 18.3 Å². The Labute approximate surface area is 170 Å². The minimum absolute atomic E-state index is 0.201. The molecule has 1 fully saturated rings. The van der Waals surface area contributed by atoms with Crippen molar-refractivity contribution in [3.8, 4) is 5.75 Å². The second-order valence-electron chi connectivity index (χ2n) is 6.59. The first-order valence-electron chi connectivity index (χ1n) is 9.17. The van der Waals surface area contributed by atoms with E-state index < -0.39 is 11.6 Å². The van der Waals surface area contributed by atoms with Gasteiger partial charge < -0.3 is 20.3 Å². The summed E-state index contributed by atoms with van der Waals surface area (Å²) in [4.78, 5) is 26.1. The molecule has 1 aromatic heterocycles. The first kappa shape index (κ1) is 19.5. The molecule has 0 spiro atoms. The van der Waals surface area contributed by atoms with Gasteiger partial charge in [0.15, 0.2) is 17.4 Å². The smallest absolute Gasteiger partial charge is 0.251 e. The summed E-state index contributed by atoms with van der Waals surface area (Å²) in [5.41, 5.74) is 1.15. The average molecular weight is 412 g/mol. The van der Waals surface area contributed by atoms with Crippen LogP contribution in [0.2, 0.25) is 0 Å². The maximum Gasteiger partial charge on any atom is 0.251 e. The second-order valence-corrected chi connectivity index (χ2v) is 6.59. The Morgan fingerprint density at radius 2 is 1.87 bits per heavy atom. The molecule has 0 atom stereocenters. The zero-order chi connectivity index (χ0) is 21.1. The van der Waals surface area contributed by atoms with E-state index in [4.69, 9.17) is 4.74 Å². The molecule has 0 bridgehead atoms. The van der Waals surface area contributed by atoms with E-state index in [0.29, 0.717) is 36.2 Å². The van der Waals surface area contributed by atoms with Gasteiger partial charge in [-0.1, -0.05) is 12.1 Å². The second kappa shape index (κ2) is 8.27. The number of nitrogens with one attached hydrogen (secondary N) is 2. The molecule has 30 heavy (non-hydrogen) atoms. The van der Waals surface area contributed by atoms with E-state index in [9.17, 15) is 13.6 Å². The number of nitrogens with zero attached hydrogens (tertiary/aromatic N) is 4. The molecular formula is C20H18F2N6O2. The molecule has 1 aliphatic rings. The molecule has 3 aromatic rings. The van der Waals surface area contributed by atoms with Crippen LogP contribution in [0, 0.1) is 11.6 Å². The van der Waals surface area contributed by atoms with Crippen LogP contribution < -0.4 is 20.3 Å². The van der Waals surface area contributed by atoms with Gasteiger partial charge >= 0.3 is 0 Å². The van der Waals surface area contributed by atoms with Crippen molar-refractivity contribution in [1.29, 1.82) is 0 Å². The van der Waals surface area contributed by atoms with E-state index in [1.807, 2.05) is 0 Å². The van der Waals surface area contributed by atoms with Gasteiger partial charge in [-0.15, -0.1) is 0 Å². The highest BCUT2D eigenvalue weighted by Gasteiger charge is 2.32. The topological polar surface area (TPSA) is 92.3 Å². The number of anilines is 3. The van der Waals surface area contributed by atoms with E-state index in [-0.39, 0.29) is 17.8 Å². The molecule has 1 saturated heterocycles. The number of hydrogen-bond donors (Lipinski definition) is 2. The van der Waals surface area contributed by atoms with Crippen molar-refractivity contribution in [2.24, 2.45) is 0 Å². The van der Waals surface area contributed by atoms with Crippen molar-refractivity contribution in [3.05, 3.63) is 66.0 Å². The van der Waals surface area contributed by atoms with Crippen LogP contribution in [-0.2, 0) is 0 Å². The average Bonchev–Trinajstić information content (AvgIpc) is 2.72. The van der Waals surface area contributed by atoms with E-state index in [1.165, 1.54) is 12.4 Å². The van der Waals surface area contributed by atoms with Gasteiger partial charge in [0.1, 0.15) is 12.4 Å². The molecule has 0 aliphatic carbocycles. The number of para-hydroxylation sites is 1. The number of rotatable bonds is 6. The van der Waals surface area contributed by atoms with Crippen LogP contribution in [0.4, 0.5) is 26.4 Å². The molecule has 8 nitrogen and oxygen atoms in total. The third kappa shape index (κ3) is 4.12. The molecule has 0 saturated carbocycles. The van der Waals surface area contributed by atoms with Gasteiger partial charge in [-0.3, -0.25) is 4.79 Å². The van der Waals surface area contributed by atoms with Gasteiger partial charge in [0.05, 0.1) is 13.1 Å². The summed E-state index contributed by atoms with van der Waals surface area (Å²) < 4.78 is 32.8. The lowest BCUT2D eigenvalue weighted by Gasteiger charge is -2.38. The maximum absolute atomic E-state index is 13.7. The minimum atomic E-state index is -0.737. The van der Waals surface area contributed by atoms with Crippen LogP contribution in [0.3, 0.4) is 0 Å². The Bertz CT molecular complexity index is 1050. The van der Waals surface area contributed by atoms with Crippen LogP contribution in [0.15, 0.2) is 48.8 Å². The molecule has 1 amide bonds. The fraction of sp³-hybridized carbons (Fsp3) is 0.200. The summed E-state index contributed by atoms with van der Waals surface area (Å²) in [5.74, 6) is -1.34. The molecular weight excluding hydrogens is 394 g/mol. The van der Waals surface area contributed by atoms with E-state index in [0.717, 1.165) is 12.1 Å². The first-order chi connectivity index (χ1) is 14.5. The lowest BCUT2D eigenvalue weighted by atomic mass is 10.2. The van der Waals surface area contributed by atoms with Crippen LogP contribution in [0.25, 0.3) is 0 Å². The van der Waals surface area contributed by atoms with Crippen LogP contribution in [-0.4, -0.2) is 47.1 Å². The quantitative estimate of drug-likeness (QED) is 0.643.